The predicted molar refractivity (Wildman–Crippen MR) is 29.7 cm³/mol. The molecular formula is C2H10N3OP. The maximum Gasteiger partial charge on any atom is 0.273 e. The fraction of sp³-hybridized carbons (Fsp3) is 1.00. The van der Waals surface area contributed by atoms with E-state index >= 15 is 0 Å². The molecule has 0 aliphatic rings. The summed E-state index contributed by atoms with van der Waals surface area (Å²) in [5, 5.41) is 2.40. The molecule has 7 heavy (non-hydrogen) atoms. The third-order valence-electron chi connectivity index (χ3n) is 0.405. The molecule has 0 amide bonds. The molecule has 44 valence electrons. The van der Waals surface area contributed by atoms with Gasteiger partial charge in [0.2, 0.25) is 0 Å². The Morgan fingerprint density at radius 2 is 2.14 bits per heavy atom. The second-order valence-electron chi connectivity index (χ2n) is 1.22. The number of rotatable bonds is 2. The fourth-order valence-corrected chi connectivity index (χ4v) is 0.741. The Hall–Kier alpha value is 0.110. The Bertz CT molecular complexity index is 86.9. The summed E-state index contributed by atoms with van der Waals surface area (Å²) in [6, 6.07) is 0. The molecule has 5 N–H and O–H groups in total. The Labute approximate surface area is 42.8 Å². The molecule has 0 rings (SSSR count). The monoisotopic (exact) mass is 123 g/mol. The molecule has 0 aromatic carbocycles. The van der Waals surface area contributed by atoms with Crippen LogP contribution >= 0.6 is 7.59 Å². The summed E-state index contributed by atoms with van der Waals surface area (Å²) in [6.45, 7) is 2.33. The van der Waals surface area contributed by atoms with Gasteiger partial charge in [0.1, 0.15) is 0 Å². The average Bonchev–Trinajstić information content (AvgIpc) is 1.30. The third-order valence-corrected chi connectivity index (χ3v) is 1.22. The van der Waals surface area contributed by atoms with Gasteiger partial charge in [-0.25, -0.2) is 5.09 Å². The third kappa shape index (κ3) is 6.11. The Kier molecular flexibility index (Phi) is 2.46. The maximum absolute atomic E-state index is 10.3. The summed E-state index contributed by atoms with van der Waals surface area (Å²) in [5.74, 6) is 0. The molecule has 0 bridgehead atoms. The van der Waals surface area contributed by atoms with Crippen molar-refractivity contribution in [1.29, 1.82) is 0 Å². The van der Waals surface area contributed by atoms with Crippen molar-refractivity contribution in [2.45, 2.75) is 6.92 Å². The molecule has 0 unspecified atom stereocenters. The lowest BCUT2D eigenvalue weighted by molar-refractivity contribution is 0.568. The molecule has 0 aromatic heterocycles. The zero-order valence-electron chi connectivity index (χ0n) is 4.22. The van der Waals surface area contributed by atoms with Gasteiger partial charge in [-0.15, -0.1) is 0 Å². The van der Waals surface area contributed by atoms with Gasteiger partial charge >= 0.3 is 0 Å². The number of hydrogen-bond acceptors (Lipinski definition) is 1. The maximum atomic E-state index is 10.3. The van der Waals surface area contributed by atoms with E-state index < -0.39 is 7.59 Å². The van der Waals surface area contributed by atoms with E-state index in [4.69, 9.17) is 11.0 Å². The van der Waals surface area contributed by atoms with Crippen LogP contribution in [0.3, 0.4) is 0 Å². The summed E-state index contributed by atoms with van der Waals surface area (Å²) in [6.07, 6.45) is 0. The first-order valence-corrected chi connectivity index (χ1v) is 3.83. The molecule has 0 aliphatic carbocycles. The summed E-state index contributed by atoms with van der Waals surface area (Å²) in [7, 11) is -2.92. The van der Waals surface area contributed by atoms with E-state index in [2.05, 4.69) is 5.09 Å². The standard InChI is InChI=1S/C2H10N3OP/c1-2-5-7(3,4)6/h2H2,1H3,(H5,3,4,5,6). The van der Waals surface area contributed by atoms with Gasteiger partial charge < -0.3 is 0 Å². The van der Waals surface area contributed by atoms with Crippen LogP contribution in [0, 0.1) is 0 Å². The van der Waals surface area contributed by atoms with Crippen LogP contribution in [-0.2, 0) is 4.57 Å². The van der Waals surface area contributed by atoms with Crippen molar-refractivity contribution >= 4 is 7.59 Å². The van der Waals surface area contributed by atoms with Crippen LogP contribution in [0.5, 0.6) is 0 Å². The molecule has 0 heterocycles. The van der Waals surface area contributed by atoms with Crippen molar-refractivity contribution in [2.75, 3.05) is 6.54 Å². The molecule has 0 aliphatic heterocycles. The van der Waals surface area contributed by atoms with Gasteiger partial charge in [0.15, 0.2) is 0 Å². The molecule has 5 heteroatoms. The second kappa shape index (κ2) is 2.43. The summed E-state index contributed by atoms with van der Waals surface area (Å²) < 4.78 is 10.3. The van der Waals surface area contributed by atoms with E-state index in [1.807, 2.05) is 0 Å². The minimum Gasteiger partial charge on any atom is -0.271 e. The van der Waals surface area contributed by atoms with Crippen molar-refractivity contribution in [1.82, 2.24) is 5.09 Å². The molecule has 0 radical (unpaired) electrons. The summed E-state index contributed by atoms with van der Waals surface area (Å²) >= 11 is 0. The largest absolute Gasteiger partial charge is 0.273 e. The lowest BCUT2D eigenvalue weighted by atomic mass is 10.8. The topological polar surface area (TPSA) is 81.1 Å². The van der Waals surface area contributed by atoms with Crippen LogP contribution in [0.15, 0.2) is 0 Å². The predicted octanol–water partition coefficient (Wildman–Crippen LogP) is -0.379. The summed E-state index contributed by atoms with van der Waals surface area (Å²) in [5.41, 5.74) is 9.74. The lowest BCUT2D eigenvalue weighted by Gasteiger charge is -2.03. The van der Waals surface area contributed by atoms with Gasteiger partial charge in [-0.3, -0.25) is 15.6 Å². The molecule has 0 saturated heterocycles. The highest BCUT2D eigenvalue weighted by molar-refractivity contribution is 7.56. The van der Waals surface area contributed by atoms with E-state index in [0.29, 0.717) is 6.54 Å². The minimum absolute atomic E-state index is 0.546. The normalized spacial score (nSPS) is 11.9. The van der Waals surface area contributed by atoms with E-state index in [0.717, 1.165) is 0 Å². The van der Waals surface area contributed by atoms with Gasteiger partial charge in [0, 0.05) is 6.54 Å². The highest BCUT2D eigenvalue weighted by Crippen LogP contribution is 2.15. The molecule has 0 spiro atoms. The number of nitrogens with one attached hydrogen (secondary N) is 1. The fourth-order valence-electron chi connectivity index (χ4n) is 0.247. The Morgan fingerprint density at radius 1 is 1.71 bits per heavy atom. The number of nitrogens with two attached hydrogens (primary N) is 2. The average molecular weight is 123 g/mol. The SMILES string of the molecule is CCNP(N)(N)=O. The Balaban J connectivity index is 3.36. The van der Waals surface area contributed by atoms with Crippen molar-refractivity contribution in [3.63, 3.8) is 0 Å². The summed E-state index contributed by atoms with van der Waals surface area (Å²) in [4.78, 5) is 0. The number of hydrogen-bond donors (Lipinski definition) is 3. The van der Waals surface area contributed by atoms with Gasteiger partial charge in [-0.1, -0.05) is 6.92 Å². The van der Waals surface area contributed by atoms with Crippen LogP contribution in [0.1, 0.15) is 6.92 Å². The first-order chi connectivity index (χ1) is 3.06. The van der Waals surface area contributed by atoms with Crippen LogP contribution in [0.2, 0.25) is 0 Å². The second-order valence-corrected chi connectivity index (χ2v) is 2.96. The zero-order chi connectivity index (χ0) is 5.91. The lowest BCUT2D eigenvalue weighted by Crippen LogP contribution is -2.21. The van der Waals surface area contributed by atoms with Crippen LogP contribution in [-0.4, -0.2) is 6.54 Å². The van der Waals surface area contributed by atoms with Gasteiger partial charge in [-0.05, 0) is 0 Å². The smallest absolute Gasteiger partial charge is 0.271 e. The van der Waals surface area contributed by atoms with Crippen molar-refractivity contribution in [3.05, 3.63) is 0 Å². The highest BCUT2D eigenvalue weighted by Gasteiger charge is 2.01. The van der Waals surface area contributed by atoms with Crippen LogP contribution in [0.25, 0.3) is 0 Å². The van der Waals surface area contributed by atoms with Crippen molar-refractivity contribution < 1.29 is 4.57 Å². The quantitative estimate of drug-likeness (QED) is 0.437. The first-order valence-electron chi connectivity index (χ1n) is 1.98. The van der Waals surface area contributed by atoms with Crippen molar-refractivity contribution in [2.24, 2.45) is 11.0 Å². The van der Waals surface area contributed by atoms with Gasteiger partial charge in [0.05, 0.1) is 0 Å². The minimum atomic E-state index is -2.92. The first kappa shape index (κ1) is 7.11. The van der Waals surface area contributed by atoms with Gasteiger partial charge in [0.25, 0.3) is 7.59 Å². The molecule has 0 saturated carbocycles. The van der Waals surface area contributed by atoms with Crippen LogP contribution < -0.4 is 16.1 Å². The highest BCUT2D eigenvalue weighted by atomic mass is 31.2. The van der Waals surface area contributed by atoms with E-state index in [9.17, 15) is 4.57 Å². The molecule has 0 fully saturated rings. The van der Waals surface area contributed by atoms with Crippen LogP contribution in [0.4, 0.5) is 0 Å². The molecule has 0 aromatic rings. The molecular weight excluding hydrogens is 113 g/mol. The van der Waals surface area contributed by atoms with E-state index in [1.54, 1.807) is 6.92 Å². The Morgan fingerprint density at radius 3 is 2.14 bits per heavy atom. The molecule has 4 nitrogen and oxygen atoms in total. The molecule has 0 atom stereocenters. The van der Waals surface area contributed by atoms with Crippen molar-refractivity contribution in [3.8, 4) is 0 Å². The van der Waals surface area contributed by atoms with E-state index in [1.165, 1.54) is 0 Å². The van der Waals surface area contributed by atoms with Gasteiger partial charge in [-0.2, -0.15) is 0 Å². The van der Waals surface area contributed by atoms with E-state index in [-0.39, 0.29) is 0 Å². The zero-order valence-corrected chi connectivity index (χ0v) is 5.11.